The Morgan fingerprint density at radius 2 is 2.00 bits per heavy atom. The van der Waals surface area contributed by atoms with E-state index in [1.807, 2.05) is 6.92 Å². The van der Waals surface area contributed by atoms with Gasteiger partial charge in [0.25, 0.3) is 0 Å². The number of rotatable bonds is 7. The average Bonchev–Trinajstić information content (AvgIpc) is 2.39. The van der Waals surface area contributed by atoms with Crippen LogP contribution in [-0.4, -0.2) is 29.8 Å². The van der Waals surface area contributed by atoms with Crippen molar-refractivity contribution in [1.82, 2.24) is 5.32 Å². The number of ether oxygens (including phenoxy) is 1. The summed E-state index contributed by atoms with van der Waals surface area (Å²) in [7, 11) is 0. The van der Waals surface area contributed by atoms with Crippen LogP contribution in [0.15, 0.2) is 0 Å². The molecule has 5 nitrogen and oxygen atoms in total. The van der Waals surface area contributed by atoms with Crippen LogP contribution in [0.2, 0.25) is 0 Å². The highest BCUT2D eigenvalue weighted by molar-refractivity contribution is 5.79. The molecular weight excluding hydrogens is 246 g/mol. The first-order valence-electron chi connectivity index (χ1n) is 7.29. The molecular formula is C14H25NO4. The highest BCUT2D eigenvalue weighted by atomic mass is 16.5. The third-order valence-corrected chi connectivity index (χ3v) is 3.62. The van der Waals surface area contributed by atoms with E-state index in [0.717, 1.165) is 38.5 Å². The molecule has 0 aliphatic heterocycles. The summed E-state index contributed by atoms with van der Waals surface area (Å²) in [4.78, 5) is 22.6. The van der Waals surface area contributed by atoms with E-state index < -0.39 is 18.1 Å². The van der Waals surface area contributed by atoms with Crippen molar-refractivity contribution in [1.29, 1.82) is 0 Å². The number of amides is 1. The maximum atomic E-state index is 11.5. The van der Waals surface area contributed by atoms with Gasteiger partial charge in [0.2, 0.25) is 0 Å². The van der Waals surface area contributed by atoms with Crippen LogP contribution in [0.1, 0.15) is 58.3 Å². The van der Waals surface area contributed by atoms with Crippen molar-refractivity contribution in [3.05, 3.63) is 0 Å². The van der Waals surface area contributed by atoms with Gasteiger partial charge in [-0.1, -0.05) is 45.4 Å². The molecule has 1 rings (SSSR count). The minimum Gasteiger partial charge on any atom is -0.480 e. The second-order valence-corrected chi connectivity index (χ2v) is 5.26. The number of carboxylic acid groups (broad SMARTS) is 1. The lowest BCUT2D eigenvalue weighted by Crippen LogP contribution is -2.42. The zero-order chi connectivity index (χ0) is 14.1. The first-order chi connectivity index (χ1) is 9.13. The van der Waals surface area contributed by atoms with Crippen LogP contribution in [0.3, 0.4) is 0 Å². The summed E-state index contributed by atoms with van der Waals surface area (Å²) in [6.07, 6.45) is 7.34. The molecule has 1 atom stereocenters. The van der Waals surface area contributed by atoms with Crippen LogP contribution >= 0.6 is 0 Å². The summed E-state index contributed by atoms with van der Waals surface area (Å²) in [6, 6.07) is -0.822. The molecule has 1 saturated carbocycles. The summed E-state index contributed by atoms with van der Waals surface area (Å²) >= 11 is 0. The molecule has 1 amide bonds. The van der Waals surface area contributed by atoms with Gasteiger partial charge in [-0.05, 0) is 18.8 Å². The molecule has 0 spiro atoms. The Bertz CT molecular complexity index is 287. The lowest BCUT2D eigenvalue weighted by Gasteiger charge is -2.24. The Morgan fingerprint density at radius 3 is 2.58 bits per heavy atom. The fourth-order valence-electron chi connectivity index (χ4n) is 2.47. The molecule has 5 heteroatoms. The number of carboxylic acids is 1. The van der Waals surface area contributed by atoms with Crippen molar-refractivity contribution in [2.75, 3.05) is 6.61 Å². The van der Waals surface area contributed by atoms with Gasteiger partial charge in [0.15, 0.2) is 0 Å². The second-order valence-electron chi connectivity index (χ2n) is 5.26. The van der Waals surface area contributed by atoms with Crippen molar-refractivity contribution in [3.63, 3.8) is 0 Å². The van der Waals surface area contributed by atoms with Gasteiger partial charge < -0.3 is 15.2 Å². The number of alkyl carbamates (subject to hydrolysis) is 1. The van der Waals surface area contributed by atoms with Gasteiger partial charge in [-0.3, -0.25) is 0 Å². The van der Waals surface area contributed by atoms with E-state index >= 15 is 0 Å². The molecule has 0 bridgehead atoms. The molecule has 110 valence electrons. The van der Waals surface area contributed by atoms with Gasteiger partial charge in [-0.25, -0.2) is 9.59 Å². The van der Waals surface area contributed by atoms with Gasteiger partial charge in [0.1, 0.15) is 6.04 Å². The quantitative estimate of drug-likeness (QED) is 0.698. The third kappa shape index (κ3) is 6.45. The summed E-state index contributed by atoms with van der Waals surface area (Å²) < 4.78 is 4.94. The summed E-state index contributed by atoms with van der Waals surface area (Å²) in [6.45, 7) is 2.35. The number of hydrogen-bond donors (Lipinski definition) is 2. The molecule has 1 aliphatic rings. The van der Waals surface area contributed by atoms with Crippen molar-refractivity contribution in [3.8, 4) is 0 Å². The van der Waals surface area contributed by atoms with Crippen molar-refractivity contribution >= 4 is 12.1 Å². The minimum atomic E-state index is -0.974. The van der Waals surface area contributed by atoms with Gasteiger partial charge in [0.05, 0.1) is 6.61 Å². The summed E-state index contributed by atoms with van der Waals surface area (Å²) in [5, 5.41) is 11.6. The fourth-order valence-corrected chi connectivity index (χ4v) is 2.47. The van der Waals surface area contributed by atoms with E-state index in [4.69, 9.17) is 9.84 Å². The highest BCUT2D eigenvalue weighted by Gasteiger charge is 2.25. The molecule has 1 fully saturated rings. The average molecular weight is 271 g/mol. The molecule has 0 aromatic carbocycles. The van der Waals surface area contributed by atoms with E-state index in [1.54, 1.807) is 0 Å². The normalized spacial score (nSPS) is 17.7. The Hall–Kier alpha value is -1.26. The van der Waals surface area contributed by atoms with E-state index in [-0.39, 0.29) is 0 Å². The first kappa shape index (κ1) is 15.8. The molecule has 1 aliphatic carbocycles. The molecule has 2 N–H and O–H groups in total. The zero-order valence-electron chi connectivity index (χ0n) is 11.7. The lowest BCUT2D eigenvalue weighted by molar-refractivity contribution is -0.139. The number of unbranched alkanes of at least 4 members (excludes halogenated alkanes) is 1. The molecule has 0 saturated heterocycles. The number of nitrogens with one attached hydrogen (secondary N) is 1. The number of carbonyl (C=O) groups is 2. The summed E-state index contributed by atoms with van der Waals surface area (Å²) in [5.41, 5.74) is 0. The Kier molecular flexibility index (Phi) is 7.30. The van der Waals surface area contributed by atoms with E-state index in [9.17, 15) is 9.59 Å². The molecule has 19 heavy (non-hydrogen) atoms. The predicted molar refractivity (Wildman–Crippen MR) is 72.0 cm³/mol. The zero-order valence-corrected chi connectivity index (χ0v) is 11.7. The first-order valence-corrected chi connectivity index (χ1v) is 7.29. The number of carbonyl (C=O) groups excluding carboxylic acids is 1. The molecule has 0 aromatic rings. The standard InChI is InChI=1S/C14H25NO4/c1-2-3-9-19-14(18)15-12(13(16)17)10-11-7-5-4-6-8-11/h11-12H,2-10H2,1H3,(H,15,18)(H,16,17)/t12-/m0/s1. The number of hydrogen-bond acceptors (Lipinski definition) is 3. The smallest absolute Gasteiger partial charge is 0.407 e. The van der Waals surface area contributed by atoms with Crippen molar-refractivity contribution < 1.29 is 19.4 Å². The Morgan fingerprint density at radius 1 is 1.32 bits per heavy atom. The van der Waals surface area contributed by atoms with Gasteiger partial charge in [0, 0.05) is 0 Å². The van der Waals surface area contributed by atoms with E-state index in [2.05, 4.69) is 5.32 Å². The minimum absolute atomic E-state index is 0.345. The van der Waals surface area contributed by atoms with Crippen LogP contribution in [0.5, 0.6) is 0 Å². The highest BCUT2D eigenvalue weighted by Crippen LogP contribution is 2.27. The Labute approximate surface area is 114 Å². The second kappa shape index (κ2) is 8.77. The predicted octanol–water partition coefficient (Wildman–Crippen LogP) is 2.94. The van der Waals surface area contributed by atoms with Gasteiger partial charge >= 0.3 is 12.1 Å². The monoisotopic (exact) mass is 271 g/mol. The lowest BCUT2D eigenvalue weighted by atomic mass is 9.85. The molecule has 0 unspecified atom stereocenters. The van der Waals surface area contributed by atoms with E-state index in [1.165, 1.54) is 6.42 Å². The maximum Gasteiger partial charge on any atom is 0.407 e. The summed E-state index contributed by atoms with van der Waals surface area (Å²) in [5.74, 6) is -0.566. The largest absolute Gasteiger partial charge is 0.480 e. The van der Waals surface area contributed by atoms with Crippen LogP contribution in [-0.2, 0) is 9.53 Å². The van der Waals surface area contributed by atoms with Gasteiger partial charge in [-0.2, -0.15) is 0 Å². The topological polar surface area (TPSA) is 75.6 Å². The van der Waals surface area contributed by atoms with Crippen molar-refractivity contribution in [2.45, 2.75) is 64.3 Å². The molecule has 0 radical (unpaired) electrons. The van der Waals surface area contributed by atoms with Crippen LogP contribution in [0.4, 0.5) is 4.79 Å². The maximum absolute atomic E-state index is 11.5. The molecule has 0 aromatic heterocycles. The number of aliphatic carboxylic acids is 1. The fraction of sp³-hybridized carbons (Fsp3) is 0.857. The van der Waals surface area contributed by atoms with Crippen LogP contribution in [0, 0.1) is 5.92 Å². The Balaban J connectivity index is 2.34. The van der Waals surface area contributed by atoms with Crippen molar-refractivity contribution in [2.24, 2.45) is 5.92 Å². The van der Waals surface area contributed by atoms with E-state index in [0.29, 0.717) is 18.9 Å². The SMILES string of the molecule is CCCCOC(=O)N[C@@H](CC1CCCCC1)C(=O)O. The van der Waals surface area contributed by atoms with Gasteiger partial charge in [-0.15, -0.1) is 0 Å². The third-order valence-electron chi connectivity index (χ3n) is 3.62. The van der Waals surface area contributed by atoms with Crippen LogP contribution in [0.25, 0.3) is 0 Å². The molecule has 0 heterocycles. The van der Waals surface area contributed by atoms with Crippen LogP contribution < -0.4 is 5.32 Å².